The van der Waals surface area contributed by atoms with Gasteiger partial charge in [-0.1, -0.05) is 37.3 Å². The number of benzene rings is 2. The monoisotopic (exact) mass is 340 g/mol. The minimum atomic E-state index is -0.378. The Kier molecular flexibility index (Phi) is 6.57. The van der Waals surface area contributed by atoms with Crippen LogP contribution in [0.5, 0.6) is 5.75 Å². The second kappa shape index (κ2) is 8.87. The van der Waals surface area contributed by atoms with E-state index in [0.717, 1.165) is 23.2 Å². The third-order valence-electron chi connectivity index (χ3n) is 3.79. The van der Waals surface area contributed by atoms with E-state index in [9.17, 15) is 9.59 Å². The molecule has 0 aliphatic heterocycles. The summed E-state index contributed by atoms with van der Waals surface area (Å²) in [5, 5.41) is 5.59. The van der Waals surface area contributed by atoms with Gasteiger partial charge in [-0.05, 0) is 43.5 Å². The number of ether oxygens (including phenoxy) is 1. The van der Waals surface area contributed by atoms with Gasteiger partial charge in [-0.3, -0.25) is 9.59 Å². The predicted octanol–water partition coefficient (Wildman–Crippen LogP) is 3.92. The van der Waals surface area contributed by atoms with E-state index in [-0.39, 0.29) is 18.2 Å². The standard InChI is InChI=1S/C20H24N2O3/c1-4-15-10-8-9-14(3)20(15)22-19(24)13-18(23)21-16-11-6-7-12-17(16)25-5-2/h6-12H,4-5,13H2,1-3H3,(H,21,23)(H,22,24). The van der Waals surface area contributed by atoms with Gasteiger partial charge in [0.2, 0.25) is 11.8 Å². The Balaban J connectivity index is 2.01. The molecule has 2 rings (SSSR count). The van der Waals surface area contributed by atoms with Crippen molar-refractivity contribution in [1.82, 2.24) is 0 Å². The summed E-state index contributed by atoms with van der Waals surface area (Å²) in [7, 11) is 0. The normalized spacial score (nSPS) is 10.2. The zero-order chi connectivity index (χ0) is 18.2. The SMILES string of the molecule is CCOc1ccccc1NC(=O)CC(=O)Nc1c(C)cccc1CC. The summed E-state index contributed by atoms with van der Waals surface area (Å²) >= 11 is 0. The average Bonchev–Trinajstić information content (AvgIpc) is 2.58. The van der Waals surface area contributed by atoms with Gasteiger partial charge in [-0.25, -0.2) is 0 Å². The van der Waals surface area contributed by atoms with E-state index in [4.69, 9.17) is 4.74 Å². The van der Waals surface area contributed by atoms with Crippen LogP contribution in [0.1, 0.15) is 31.4 Å². The molecular formula is C20H24N2O3. The number of rotatable bonds is 7. The molecule has 2 N–H and O–H groups in total. The smallest absolute Gasteiger partial charge is 0.233 e. The summed E-state index contributed by atoms with van der Waals surface area (Å²) < 4.78 is 5.47. The van der Waals surface area contributed by atoms with Crippen molar-refractivity contribution < 1.29 is 14.3 Å². The van der Waals surface area contributed by atoms with Crippen LogP contribution < -0.4 is 15.4 Å². The first kappa shape index (κ1) is 18.5. The highest BCUT2D eigenvalue weighted by Crippen LogP contribution is 2.24. The molecule has 0 aromatic heterocycles. The van der Waals surface area contributed by atoms with Crippen molar-refractivity contribution in [2.75, 3.05) is 17.2 Å². The molecule has 0 radical (unpaired) electrons. The molecule has 25 heavy (non-hydrogen) atoms. The molecule has 2 aromatic carbocycles. The molecule has 0 heterocycles. The average molecular weight is 340 g/mol. The van der Waals surface area contributed by atoms with Crippen LogP contribution in [0, 0.1) is 6.92 Å². The number of carbonyl (C=O) groups is 2. The fourth-order valence-corrected chi connectivity index (χ4v) is 2.58. The first-order valence-electron chi connectivity index (χ1n) is 8.45. The third kappa shape index (κ3) is 5.08. The van der Waals surface area contributed by atoms with Crippen LogP contribution in [-0.2, 0) is 16.0 Å². The molecule has 0 unspecified atom stereocenters. The zero-order valence-electron chi connectivity index (χ0n) is 14.9. The van der Waals surface area contributed by atoms with Gasteiger partial charge in [0.15, 0.2) is 0 Å². The maximum Gasteiger partial charge on any atom is 0.233 e. The van der Waals surface area contributed by atoms with Crippen molar-refractivity contribution in [1.29, 1.82) is 0 Å². The summed E-state index contributed by atoms with van der Waals surface area (Å²) in [5.41, 5.74) is 3.38. The minimum absolute atomic E-state index is 0.252. The molecule has 2 amide bonds. The molecule has 5 heteroatoms. The molecule has 5 nitrogen and oxygen atoms in total. The van der Waals surface area contributed by atoms with Crippen LogP contribution in [0.15, 0.2) is 42.5 Å². The summed E-state index contributed by atoms with van der Waals surface area (Å²) in [5.74, 6) is -0.127. The lowest BCUT2D eigenvalue weighted by Gasteiger charge is -2.14. The number of nitrogens with one attached hydrogen (secondary N) is 2. The van der Waals surface area contributed by atoms with E-state index in [0.29, 0.717) is 18.0 Å². The molecule has 0 saturated heterocycles. The molecule has 0 fully saturated rings. The number of hydrogen-bond acceptors (Lipinski definition) is 3. The highest BCUT2D eigenvalue weighted by molar-refractivity contribution is 6.08. The Hall–Kier alpha value is -2.82. The first-order chi connectivity index (χ1) is 12.0. The van der Waals surface area contributed by atoms with Crippen molar-refractivity contribution in [2.24, 2.45) is 0 Å². The summed E-state index contributed by atoms with van der Waals surface area (Å²) in [6.45, 7) is 6.34. The number of anilines is 2. The van der Waals surface area contributed by atoms with Crippen molar-refractivity contribution in [2.45, 2.75) is 33.6 Å². The van der Waals surface area contributed by atoms with E-state index in [1.165, 1.54) is 0 Å². The van der Waals surface area contributed by atoms with Crippen LogP contribution in [0.3, 0.4) is 0 Å². The lowest BCUT2D eigenvalue weighted by Crippen LogP contribution is -2.22. The minimum Gasteiger partial charge on any atom is -0.492 e. The predicted molar refractivity (Wildman–Crippen MR) is 100 cm³/mol. The topological polar surface area (TPSA) is 67.4 Å². The van der Waals surface area contributed by atoms with Gasteiger partial charge in [-0.15, -0.1) is 0 Å². The molecule has 132 valence electrons. The highest BCUT2D eigenvalue weighted by atomic mass is 16.5. The van der Waals surface area contributed by atoms with E-state index in [1.807, 2.05) is 45.0 Å². The first-order valence-corrected chi connectivity index (χ1v) is 8.45. The van der Waals surface area contributed by atoms with Crippen LogP contribution in [0.4, 0.5) is 11.4 Å². The van der Waals surface area contributed by atoms with Crippen molar-refractivity contribution >= 4 is 23.2 Å². The van der Waals surface area contributed by atoms with Gasteiger partial charge in [0.05, 0.1) is 12.3 Å². The quantitative estimate of drug-likeness (QED) is 0.751. The largest absolute Gasteiger partial charge is 0.492 e. The van der Waals surface area contributed by atoms with Gasteiger partial charge >= 0.3 is 0 Å². The van der Waals surface area contributed by atoms with E-state index >= 15 is 0 Å². The number of para-hydroxylation sites is 3. The van der Waals surface area contributed by atoms with Gasteiger partial charge in [0, 0.05) is 5.69 Å². The molecule has 2 aromatic rings. The maximum atomic E-state index is 12.2. The summed E-state index contributed by atoms with van der Waals surface area (Å²) in [6.07, 6.45) is 0.559. The number of hydrogen-bond donors (Lipinski definition) is 2. The van der Waals surface area contributed by atoms with Crippen molar-refractivity contribution in [3.05, 3.63) is 53.6 Å². The van der Waals surface area contributed by atoms with Gasteiger partial charge in [-0.2, -0.15) is 0 Å². The van der Waals surface area contributed by atoms with Gasteiger partial charge in [0.25, 0.3) is 0 Å². The Bertz CT molecular complexity index is 756. The zero-order valence-corrected chi connectivity index (χ0v) is 14.9. The number of aryl methyl sites for hydroxylation is 2. The summed E-state index contributed by atoms with van der Waals surface area (Å²) in [6, 6.07) is 13.0. The highest BCUT2D eigenvalue weighted by Gasteiger charge is 2.14. The lowest BCUT2D eigenvalue weighted by atomic mass is 10.1. The summed E-state index contributed by atoms with van der Waals surface area (Å²) in [4.78, 5) is 24.4. The van der Waals surface area contributed by atoms with Crippen LogP contribution in [-0.4, -0.2) is 18.4 Å². The Morgan fingerprint density at radius 2 is 1.68 bits per heavy atom. The second-order valence-corrected chi connectivity index (χ2v) is 5.66. The number of carbonyl (C=O) groups excluding carboxylic acids is 2. The maximum absolute atomic E-state index is 12.2. The molecule has 0 saturated carbocycles. The van der Waals surface area contributed by atoms with Crippen LogP contribution in [0.25, 0.3) is 0 Å². The van der Waals surface area contributed by atoms with Crippen LogP contribution in [0.2, 0.25) is 0 Å². The number of amides is 2. The third-order valence-corrected chi connectivity index (χ3v) is 3.79. The second-order valence-electron chi connectivity index (χ2n) is 5.66. The van der Waals surface area contributed by atoms with Crippen molar-refractivity contribution in [3.8, 4) is 5.75 Å². The molecule has 0 aliphatic rings. The Morgan fingerprint density at radius 3 is 2.40 bits per heavy atom. The van der Waals surface area contributed by atoms with E-state index < -0.39 is 0 Å². The van der Waals surface area contributed by atoms with Gasteiger partial charge in [0.1, 0.15) is 12.2 Å². The molecule has 0 spiro atoms. The van der Waals surface area contributed by atoms with E-state index in [2.05, 4.69) is 10.6 Å². The fraction of sp³-hybridized carbons (Fsp3) is 0.300. The van der Waals surface area contributed by atoms with Crippen molar-refractivity contribution in [3.63, 3.8) is 0 Å². The van der Waals surface area contributed by atoms with Gasteiger partial charge < -0.3 is 15.4 Å². The fourth-order valence-electron chi connectivity index (χ4n) is 2.58. The Morgan fingerprint density at radius 1 is 0.960 bits per heavy atom. The van der Waals surface area contributed by atoms with Crippen LogP contribution >= 0.6 is 0 Å². The molecule has 0 atom stereocenters. The van der Waals surface area contributed by atoms with E-state index in [1.54, 1.807) is 18.2 Å². The Labute approximate surface area is 148 Å². The molecule has 0 bridgehead atoms. The lowest BCUT2D eigenvalue weighted by molar-refractivity contribution is -0.123. The molecule has 0 aliphatic carbocycles. The molecular weight excluding hydrogens is 316 g/mol.